The smallest absolute Gasteiger partial charge is 0.265 e. The number of methoxy groups -OCH3 is 1. The Kier molecular flexibility index (Phi) is 5.44. The third-order valence-corrected chi connectivity index (χ3v) is 3.82. The van der Waals surface area contributed by atoms with E-state index in [0.29, 0.717) is 11.3 Å². The number of terminal acetylenes is 1. The van der Waals surface area contributed by atoms with Crippen molar-refractivity contribution in [2.45, 2.75) is 0 Å². The molecule has 0 radical (unpaired) electrons. The van der Waals surface area contributed by atoms with E-state index < -0.39 is 11.8 Å². The number of hydrogen-bond donors (Lipinski definition) is 1. The highest BCUT2D eigenvalue weighted by Gasteiger charge is 2.30. The number of carbonyl (C=O) groups excluding carboxylic acids is 2. The molecule has 2 rings (SSSR count). The van der Waals surface area contributed by atoms with Crippen molar-refractivity contribution >= 4 is 46.8 Å². The van der Waals surface area contributed by atoms with E-state index in [-0.39, 0.29) is 28.1 Å². The van der Waals surface area contributed by atoms with Gasteiger partial charge in [-0.15, -0.1) is 6.42 Å². The molecule has 0 aromatic heterocycles. The predicted molar refractivity (Wildman–Crippen MR) is 93.8 cm³/mol. The van der Waals surface area contributed by atoms with E-state index >= 15 is 0 Å². The number of carbonyl (C=O) groups is 2. The van der Waals surface area contributed by atoms with Gasteiger partial charge in [0.25, 0.3) is 11.8 Å². The fourth-order valence-corrected chi connectivity index (χ4v) is 2.44. The van der Waals surface area contributed by atoms with Crippen molar-refractivity contribution in [3.05, 3.63) is 28.3 Å². The van der Waals surface area contributed by atoms with Gasteiger partial charge in [-0.05, 0) is 36.0 Å². The van der Waals surface area contributed by atoms with Crippen molar-refractivity contribution < 1.29 is 19.1 Å². The van der Waals surface area contributed by atoms with Crippen LogP contribution in [0.4, 0.5) is 0 Å². The van der Waals surface area contributed by atoms with Crippen LogP contribution in [0.3, 0.4) is 0 Å². The molecule has 0 bridgehead atoms. The molecule has 2 amide bonds. The Morgan fingerprint density at radius 3 is 2.79 bits per heavy atom. The van der Waals surface area contributed by atoms with Gasteiger partial charge in [0.05, 0.1) is 12.1 Å². The predicted octanol–water partition coefficient (Wildman–Crippen LogP) is 1.62. The second kappa shape index (κ2) is 7.34. The third kappa shape index (κ3) is 3.50. The van der Waals surface area contributed by atoms with E-state index in [1.54, 1.807) is 6.07 Å². The second-order valence-corrected chi connectivity index (χ2v) is 5.50. The van der Waals surface area contributed by atoms with Crippen LogP contribution in [0.15, 0.2) is 17.7 Å². The number of nitrogens with one attached hydrogen (secondary N) is 1. The number of halogens is 1. The molecule has 0 atom stereocenters. The number of benzene rings is 1. The maximum Gasteiger partial charge on any atom is 0.265 e. The Morgan fingerprint density at radius 1 is 1.46 bits per heavy atom. The molecule has 1 aliphatic heterocycles. The van der Waals surface area contributed by atoms with Crippen molar-refractivity contribution in [2.24, 2.45) is 0 Å². The van der Waals surface area contributed by atoms with E-state index in [0.717, 1.165) is 0 Å². The lowest BCUT2D eigenvalue weighted by Gasteiger charge is -2.25. The quantitative estimate of drug-likeness (QED) is 0.380. The van der Waals surface area contributed by atoms with Crippen LogP contribution < -0.4 is 14.8 Å². The number of rotatable bonds is 4. The SMILES string of the molecule is C#CCOc1c(Cl)cc(C=C2C(=O)NC(=S)N(C)C2=O)cc1OC. The molecule has 24 heavy (non-hydrogen) atoms. The summed E-state index contributed by atoms with van der Waals surface area (Å²) in [5.41, 5.74) is 0.422. The minimum Gasteiger partial charge on any atom is -0.493 e. The maximum absolute atomic E-state index is 12.2. The van der Waals surface area contributed by atoms with Crippen molar-refractivity contribution in [2.75, 3.05) is 20.8 Å². The van der Waals surface area contributed by atoms with Gasteiger partial charge >= 0.3 is 0 Å². The average molecular weight is 365 g/mol. The highest BCUT2D eigenvalue weighted by Crippen LogP contribution is 2.37. The van der Waals surface area contributed by atoms with Gasteiger partial charge in [0.15, 0.2) is 16.6 Å². The molecular weight excluding hydrogens is 352 g/mol. The lowest BCUT2D eigenvalue weighted by atomic mass is 10.1. The lowest BCUT2D eigenvalue weighted by Crippen LogP contribution is -2.52. The molecule has 1 N–H and O–H groups in total. The van der Waals surface area contributed by atoms with E-state index in [1.807, 2.05) is 0 Å². The summed E-state index contributed by atoms with van der Waals surface area (Å²) < 4.78 is 10.6. The molecule has 1 saturated heterocycles. The number of amides is 2. The van der Waals surface area contributed by atoms with Gasteiger partial charge in [0.1, 0.15) is 12.2 Å². The largest absolute Gasteiger partial charge is 0.493 e. The lowest BCUT2D eigenvalue weighted by molar-refractivity contribution is -0.128. The summed E-state index contributed by atoms with van der Waals surface area (Å²) in [7, 11) is 2.91. The molecule has 124 valence electrons. The van der Waals surface area contributed by atoms with Crippen molar-refractivity contribution in [1.82, 2.24) is 10.2 Å². The highest BCUT2D eigenvalue weighted by atomic mass is 35.5. The molecule has 1 fully saturated rings. The molecule has 6 nitrogen and oxygen atoms in total. The number of nitrogens with zero attached hydrogens (tertiary/aromatic N) is 1. The summed E-state index contributed by atoms with van der Waals surface area (Å²) in [6, 6.07) is 3.12. The minimum atomic E-state index is -0.578. The van der Waals surface area contributed by atoms with Gasteiger partial charge in [0.2, 0.25) is 0 Å². The zero-order chi connectivity index (χ0) is 17.9. The summed E-state index contributed by atoms with van der Waals surface area (Å²) in [6.45, 7) is 0.0274. The van der Waals surface area contributed by atoms with E-state index in [4.69, 9.17) is 39.7 Å². The van der Waals surface area contributed by atoms with Gasteiger partial charge < -0.3 is 9.47 Å². The van der Waals surface area contributed by atoms with E-state index in [9.17, 15) is 9.59 Å². The zero-order valence-corrected chi connectivity index (χ0v) is 14.5. The summed E-state index contributed by atoms with van der Waals surface area (Å²) in [5.74, 6) is 1.87. The summed E-state index contributed by atoms with van der Waals surface area (Å²) in [4.78, 5) is 25.4. The summed E-state index contributed by atoms with van der Waals surface area (Å²) in [6.07, 6.45) is 6.56. The van der Waals surface area contributed by atoms with Crippen LogP contribution >= 0.6 is 23.8 Å². The summed E-state index contributed by atoms with van der Waals surface area (Å²) >= 11 is 11.1. The van der Waals surface area contributed by atoms with Crippen LogP contribution in [-0.4, -0.2) is 42.6 Å². The molecule has 0 aliphatic carbocycles. The van der Waals surface area contributed by atoms with Crippen molar-refractivity contribution in [3.63, 3.8) is 0 Å². The zero-order valence-electron chi connectivity index (χ0n) is 12.9. The monoisotopic (exact) mass is 364 g/mol. The molecule has 0 unspecified atom stereocenters. The molecule has 1 aromatic rings. The average Bonchev–Trinajstić information content (AvgIpc) is 2.55. The highest BCUT2D eigenvalue weighted by molar-refractivity contribution is 7.80. The Morgan fingerprint density at radius 2 is 2.17 bits per heavy atom. The number of hydrogen-bond acceptors (Lipinski definition) is 5. The van der Waals surface area contributed by atoms with Gasteiger partial charge in [-0.2, -0.15) is 0 Å². The van der Waals surface area contributed by atoms with Gasteiger partial charge in [-0.1, -0.05) is 17.5 Å². The first-order valence-electron chi connectivity index (χ1n) is 6.68. The number of thiocarbonyl (C=S) groups is 1. The van der Waals surface area contributed by atoms with Gasteiger partial charge in [-0.3, -0.25) is 19.8 Å². The first-order valence-corrected chi connectivity index (χ1v) is 7.46. The van der Waals surface area contributed by atoms with Crippen LogP contribution in [0, 0.1) is 12.3 Å². The molecule has 8 heteroatoms. The Hall–Kier alpha value is -2.56. The second-order valence-electron chi connectivity index (χ2n) is 4.71. The van der Waals surface area contributed by atoms with Crippen LogP contribution in [0.2, 0.25) is 5.02 Å². The Balaban J connectivity index is 2.44. The normalized spacial score (nSPS) is 16.0. The first kappa shape index (κ1) is 17.8. The fraction of sp³-hybridized carbons (Fsp3) is 0.188. The molecule has 1 heterocycles. The van der Waals surface area contributed by atoms with Crippen molar-refractivity contribution in [1.29, 1.82) is 0 Å². The molecule has 1 aliphatic rings. The molecule has 1 aromatic carbocycles. The molecule has 0 spiro atoms. The van der Waals surface area contributed by atoms with E-state index in [1.165, 1.54) is 31.2 Å². The van der Waals surface area contributed by atoms with Crippen LogP contribution in [0.25, 0.3) is 6.08 Å². The van der Waals surface area contributed by atoms with Crippen molar-refractivity contribution in [3.8, 4) is 23.8 Å². The standard InChI is InChI=1S/C16H13ClN2O4S/c1-4-5-23-13-11(17)7-9(8-12(13)22-3)6-10-14(20)18-16(24)19(2)15(10)21/h1,6-8H,5H2,2-3H3,(H,18,20,24). The fourth-order valence-electron chi connectivity index (χ4n) is 1.99. The molecular formula is C16H13ClN2O4S. The topological polar surface area (TPSA) is 67.9 Å². The van der Waals surface area contributed by atoms with E-state index in [2.05, 4.69) is 11.2 Å². The number of likely N-dealkylation sites (N-methyl/N-ethyl adjacent to an activating group) is 1. The van der Waals surface area contributed by atoms with Crippen LogP contribution in [0.5, 0.6) is 11.5 Å². The summed E-state index contributed by atoms with van der Waals surface area (Å²) in [5, 5.41) is 2.72. The van der Waals surface area contributed by atoms with Crippen LogP contribution in [-0.2, 0) is 9.59 Å². The minimum absolute atomic E-state index is 0.0274. The maximum atomic E-state index is 12.2. The van der Waals surface area contributed by atoms with Gasteiger partial charge in [-0.25, -0.2) is 0 Å². The number of ether oxygens (including phenoxy) is 2. The first-order chi connectivity index (χ1) is 11.4. The van der Waals surface area contributed by atoms with Crippen LogP contribution in [0.1, 0.15) is 5.56 Å². The third-order valence-electron chi connectivity index (χ3n) is 3.17. The Labute approximate surface area is 149 Å². The van der Waals surface area contributed by atoms with Gasteiger partial charge in [0, 0.05) is 7.05 Å². The molecule has 0 saturated carbocycles. The Bertz CT molecular complexity index is 798.